The maximum absolute atomic E-state index is 13.0. The fraction of sp³-hybridized carbons (Fsp3) is 0.474. The van der Waals surface area contributed by atoms with E-state index in [4.69, 9.17) is 0 Å². The summed E-state index contributed by atoms with van der Waals surface area (Å²) in [6.45, 7) is 7.87. The highest BCUT2D eigenvalue weighted by atomic mass is 35.5. The Bertz CT molecular complexity index is 685. The fourth-order valence-electron chi connectivity index (χ4n) is 3.20. The molecule has 0 atom stereocenters. The molecule has 1 fully saturated rings. The van der Waals surface area contributed by atoms with E-state index in [1.807, 2.05) is 42.2 Å². The average molecular weight is 416 g/mol. The number of nitrogens with one attached hydrogen (secondary N) is 1. The second-order valence-electron chi connectivity index (χ2n) is 6.32. The van der Waals surface area contributed by atoms with E-state index in [-0.39, 0.29) is 30.7 Å². The predicted molar refractivity (Wildman–Crippen MR) is 114 cm³/mol. The molecule has 4 nitrogen and oxygen atoms in total. The minimum absolute atomic E-state index is 0. The molecule has 1 saturated heterocycles. The van der Waals surface area contributed by atoms with Crippen molar-refractivity contribution in [1.29, 1.82) is 0 Å². The lowest BCUT2D eigenvalue weighted by atomic mass is 9.96. The van der Waals surface area contributed by atoms with Gasteiger partial charge in [0, 0.05) is 18.7 Å². The molecule has 0 saturated carbocycles. The number of thiazole rings is 1. The van der Waals surface area contributed by atoms with Crippen LogP contribution in [0.25, 0.3) is 11.3 Å². The maximum Gasteiger partial charge on any atom is 0.266 e. The molecular formula is C19H27Cl2N3OS. The third-order valence-corrected chi connectivity index (χ3v) is 5.52. The summed E-state index contributed by atoms with van der Waals surface area (Å²) in [6, 6.07) is 10.0. The molecule has 0 spiro atoms. The molecule has 26 heavy (non-hydrogen) atoms. The summed E-state index contributed by atoms with van der Waals surface area (Å²) in [5, 5.41) is 4.36. The number of benzene rings is 1. The van der Waals surface area contributed by atoms with Gasteiger partial charge in [0.15, 0.2) is 0 Å². The van der Waals surface area contributed by atoms with E-state index in [9.17, 15) is 4.79 Å². The first-order valence-corrected chi connectivity index (χ1v) is 9.53. The summed E-state index contributed by atoms with van der Waals surface area (Å²) >= 11 is 1.51. The number of hydrogen-bond acceptors (Lipinski definition) is 4. The van der Waals surface area contributed by atoms with Crippen LogP contribution in [0.5, 0.6) is 0 Å². The van der Waals surface area contributed by atoms with Gasteiger partial charge in [0.05, 0.1) is 10.7 Å². The van der Waals surface area contributed by atoms with E-state index < -0.39 is 0 Å². The molecule has 2 heterocycles. The SMILES string of the molecule is CCNCC1CCN(C(=O)c2sc(C)nc2-c2ccccc2)CC1.Cl.Cl. The van der Waals surface area contributed by atoms with E-state index in [0.717, 1.165) is 60.2 Å². The number of carbonyl (C=O) groups excluding carboxylic acids is 1. The number of piperidine rings is 1. The molecule has 0 aliphatic carbocycles. The molecule has 3 rings (SSSR count). The lowest BCUT2D eigenvalue weighted by Crippen LogP contribution is -2.40. The smallest absolute Gasteiger partial charge is 0.266 e. The van der Waals surface area contributed by atoms with Gasteiger partial charge in [-0.05, 0) is 38.8 Å². The lowest BCUT2D eigenvalue weighted by Gasteiger charge is -2.32. The monoisotopic (exact) mass is 415 g/mol. The molecule has 1 aromatic carbocycles. The number of carbonyl (C=O) groups is 1. The summed E-state index contributed by atoms with van der Waals surface area (Å²) in [4.78, 5) is 20.4. The molecular weight excluding hydrogens is 389 g/mol. The van der Waals surface area contributed by atoms with Crippen LogP contribution in [0.4, 0.5) is 0 Å². The standard InChI is InChI=1S/C19H25N3OS.2ClH/c1-3-20-13-15-9-11-22(12-10-15)19(23)18-17(21-14(2)24-18)16-7-5-4-6-8-16;;/h4-8,15,20H,3,9-13H2,1-2H3;2*1H. The highest BCUT2D eigenvalue weighted by Crippen LogP contribution is 2.30. The highest BCUT2D eigenvalue weighted by molar-refractivity contribution is 7.14. The summed E-state index contributed by atoms with van der Waals surface area (Å²) in [7, 11) is 0. The van der Waals surface area contributed by atoms with Crippen molar-refractivity contribution in [3.63, 3.8) is 0 Å². The van der Waals surface area contributed by atoms with Gasteiger partial charge in [-0.3, -0.25) is 4.79 Å². The van der Waals surface area contributed by atoms with Gasteiger partial charge in [0.2, 0.25) is 0 Å². The van der Waals surface area contributed by atoms with Crippen molar-refractivity contribution in [2.45, 2.75) is 26.7 Å². The molecule has 1 aliphatic rings. The van der Waals surface area contributed by atoms with Crippen LogP contribution >= 0.6 is 36.2 Å². The second kappa shape index (κ2) is 10.9. The van der Waals surface area contributed by atoms with E-state index in [2.05, 4.69) is 17.2 Å². The largest absolute Gasteiger partial charge is 0.338 e. The third kappa shape index (κ3) is 5.43. The number of rotatable bonds is 5. The Morgan fingerprint density at radius 3 is 2.50 bits per heavy atom. The molecule has 1 aromatic heterocycles. The van der Waals surface area contributed by atoms with Crippen LogP contribution in [0.1, 0.15) is 34.4 Å². The van der Waals surface area contributed by atoms with Crippen LogP contribution in [0.2, 0.25) is 0 Å². The molecule has 7 heteroatoms. The van der Waals surface area contributed by atoms with Crippen molar-refractivity contribution >= 4 is 42.1 Å². The number of aromatic nitrogens is 1. The zero-order valence-corrected chi connectivity index (χ0v) is 17.7. The van der Waals surface area contributed by atoms with Crippen LogP contribution in [-0.2, 0) is 0 Å². The summed E-state index contributed by atoms with van der Waals surface area (Å²) in [6.07, 6.45) is 2.16. The van der Waals surface area contributed by atoms with Gasteiger partial charge in [-0.1, -0.05) is 37.3 Å². The number of likely N-dealkylation sites (tertiary alicyclic amines) is 1. The molecule has 0 radical (unpaired) electrons. The van der Waals surface area contributed by atoms with Gasteiger partial charge < -0.3 is 10.2 Å². The minimum atomic E-state index is 0. The van der Waals surface area contributed by atoms with Crippen molar-refractivity contribution in [3.05, 3.63) is 40.2 Å². The molecule has 144 valence electrons. The Labute approximate surface area is 172 Å². The molecule has 1 aliphatic heterocycles. The van der Waals surface area contributed by atoms with Crippen molar-refractivity contribution < 1.29 is 4.79 Å². The minimum Gasteiger partial charge on any atom is -0.338 e. The van der Waals surface area contributed by atoms with Crippen LogP contribution in [0.15, 0.2) is 30.3 Å². The molecule has 1 amide bonds. The highest BCUT2D eigenvalue weighted by Gasteiger charge is 2.27. The fourth-order valence-corrected chi connectivity index (χ4v) is 4.10. The maximum atomic E-state index is 13.0. The van der Waals surface area contributed by atoms with Crippen LogP contribution < -0.4 is 5.32 Å². The number of aryl methyl sites for hydroxylation is 1. The topological polar surface area (TPSA) is 45.2 Å². The molecule has 0 bridgehead atoms. The van der Waals surface area contributed by atoms with Crippen molar-refractivity contribution in [3.8, 4) is 11.3 Å². The lowest BCUT2D eigenvalue weighted by molar-refractivity contribution is 0.0695. The van der Waals surface area contributed by atoms with Crippen LogP contribution in [-0.4, -0.2) is 42.0 Å². The van der Waals surface area contributed by atoms with Gasteiger partial charge in [0.25, 0.3) is 5.91 Å². The van der Waals surface area contributed by atoms with Gasteiger partial charge in [-0.2, -0.15) is 0 Å². The first-order chi connectivity index (χ1) is 11.7. The summed E-state index contributed by atoms with van der Waals surface area (Å²) < 4.78 is 0. The average Bonchev–Trinajstić information content (AvgIpc) is 3.02. The number of nitrogens with zero attached hydrogens (tertiary/aromatic N) is 2. The Kier molecular flexibility index (Phi) is 9.58. The van der Waals surface area contributed by atoms with Gasteiger partial charge in [-0.15, -0.1) is 36.2 Å². The third-order valence-electron chi connectivity index (χ3n) is 4.56. The normalized spacial score (nSPS) is 14.5. The Morgan fingerprint density at radius 1 is 1.23 bits per heavy atom. The summed E-state index contributed by atoms with van der Waals surface area (Å²) in [5.74, 6) is 0.826. The Morgan fingerprint density at radius 2 is 1.88 bits per heavy atom. The quantitative estimate of drug-likeness (QED) is 0.785. The van der Waals surface area contributed by atoms with E-state index in [1.54, 1.807) is 0 Å². The van der Waals surface area contributed by atoms with E-state index in [0.29, 0.717) is 5.92 Å². The number of halogens is 2. The Balaban J connectivity index is 0.00000169. The van der Waals surface area contributed by atoms with Crippen LogP contribution in [0.3, 0.4) is 0 Å². The van der Waals surface area contributed by atoms with Gasteiger partial charge in [-0.25, -0.2) is 4.98 Å². The zero-order valence-electron chi connectivity index (χ0n) is 15.2. The Hall–Kier alpha value is -1.14. The zero-order chi connectivity index (χ0) is 16.9. The van der Waals surface area contributed by atoms with E-state index in [1.165, 1.54) is 11.3 Å². The number of amides is 1. The molecule has 2 aromatic rings. The summed E-state index contributed by atoms with van der Waals surface area (Å²) in [5.41, 5.74) is 1.85. The van der Waals surface area contributed by atoms with Crippen molar-refractivity contribution in [2.24, 2.45) is 5.92 Å². The molecule has 1 N–H and O–H groups in total. The van der Waals surface area contributed by atoms with Gasteiger partial charge in [0.1, 0.15) is 4.88 Å². The first-order valence-electron chi connectivity index (χ1n) is 8.72. The van der Waals surface area contributed by atoms with Gasteiger partial charge >= 0.3 is 0 Å². The van der Waals surface area contributed by atoms with Crippen LogP contribution in [0, 0.1) is 12.8 Å². The first kappa shape index (κ1) is 22.9. The number of hydrogen-bond donors (Lipinski definition) is 1. The van der Waals surface area contributed by atoms with Crippen molar-refractivity contribution in [2.75, 3.05) is 26.2 Å². The predicted octanol–water partition coefficient (Wildman–Crippen LogP) is 4.42. The molecule has 0 unspecified atom stereocenters. The van der Waals surface area contributed by atoms with Crippen molar-refractivity contribution in [1.82, 2.24) is 15.2 Å². The second-order valence-corrected chi connectivity index (χ2v) is 7.52. The van der Waals surface area contributed by atoms with E-state index >= 15 is 0 Å².